The summed E-state index contributed by atoms with van der Waals surface area (Å²) >= 11 is 0. The highest BCUT2D eigenvalue weighted by atomic mass is 16.5. The van der Waals surface area contributed by atoms with E-state index in [4.69, 9.17) is 4.74 Å². The molecule has 0 spiro atoms. The van der Waals surface area contributed by atoms with E-state index in [1.165, 1.54) is 7.11 Å². The maximum atomic E-state index is 12.6. The molecule has 2 aromatic heterocycles. The summed E-state index contributed by atoms with van der Waals surface area (Å²) in [6.45, 7) is 3.91. The van der Waals surface area contributed by atoms with Crippen LogP contribution in [-0.2, 0) is 0 Å². The van der Waals surface area contributed by atoms with Gasteiger partial charge in [-0.3, -0.25) is 4.79 Å². The average Bonchev–Trinajstić information content (AvgIpc) is 3.19. The van der Waals surface area contributed by atoms with Crippen LogP contribution < -0.4 is 10.1 Å². The Bertz CT molecular complexity index is 837. The van der Waals surface area contributed by atoms with Gasteiger partial charge in [0.1, 0.15) is 22.6 Å². The molecule has 0 aliphatic carbocycles. The van der Waals surface area contributed by atoms with Gasteiger partial charge in [-0.2, -0.15) is 15.4 Å². The molecule has 3 aromatic rings. The SMILES string of the molecule is CCC(NC(=O)c1cc2n[nH]nc2cc1OC)c1ncc(C)[nH]1. The molecule has 1 amide bonds. The molecule has 0 saturated carbocycles. The topological polar surface area (TPSA) is 109 Å². The van der Waals surface area contributed by atoms with Gasteiger partial charge in [-0.25, -0.2) is 4.98 Å². The minimum absolute atomic E-state index is 0.200. The smallest absolute Gasteiger partial charge is 0.255 e. The zero-order chi connectivity index (χ0) is 16.4. The molecule has 23 heavy (non-hydrogen) atoms. The van der Waals surface area contributed by atoms with Gasteiger partial charge in [-0.15, -0.1) is 0 Å². The van der Waals surface area contributed by atoms with E-state index in [9.17, 15) is 4.79 Å². The van der Waals surface area contributed by atoms with Gasteiger partial charge >= 0.3 is 0 Å². The molecule has 8 nitrogen and oxygen atoms in total. The summed E-state index contributed by atoms with van der Waals surface area (Å²) in [5, 5.41) is 13.5. The van der Waals surface area contributed by atoms with Crippen molar-refractivity contribution in [1.82, 2.24) is 30.7 Å². The Balaban J connectivity index is 1.89. The fraction of sp³-hybridized carbons (Fsp3) is 0.333. The molecule has 120 valence electrons. The molecule has 0 fully saturated rings. The van der Waals surface area contributed by atoms with Gasteiger partial charge in [0.15, 0.2) is 0 Å². The molecule has 1 aromatic carbocycles. The van der Waals surface area contributed by atoms with Crippen molar-refractivity contribution in [3.63, 3.8) is 0 Å². The Morgan fingerprint density at radius 3 is 2.70 bits per heavy atom. The van der Waals surface area contributed by atoms with Crippen molar-refractivity contribution >= 4 is 16.9 Å². The molecule has 0 bridgehead atoms. The van der Waals surface area contributed by atoms with Crippen LogP contribution in [0.5, 0.6) is 5.75 Å². The van der Waals surface area contributed by atoms with Crippen LogP contribution in [0.15, 0.2) is 18.3 Å². The zero-order valence-electron chi connectivity index (χ0n) is 13.2. The van der Waals surface area contributed by atoms with Crippen LogP contribution >= 0.6 is 0 Å². The van der Waals surface area contributed by atoms with Crippen molar-refractivity contribution in [1.29, 1.82) is 0 Å². The minimum atomic E-state index is -0.243. The monoisotopic (exact) mass is 314 g/mol. The quantitative estimate of drug-likeness (QED) is 0.666. The number of carbonyl (C=O) groups excluding carboxylic acids is 1. The summed E-state index contributed by atoms with van der Waals surface area (Å²) < 4.78 is 5.30. The Morgan fingerprint density at radius 2 is 2.09 bits per heavy atom. The molecule has 3 rings (SSSR count). The Hall–Kier alpha value is -2.90. The molecule has 1 atom stereocenters. The number of hydrogen-bond acceptors (Lipinski definition) is 5. The summed E-state index contributed by atoms with van der Waals surface area (Å²) in [7, 11) is 1.52. The van der Waals surface area contributed by atoms with Gasteiger partial charge in [0.25, 0.3) is 5.91 Å². The van der Waals surface area contributed by atoms with E-state index in [0.717, 1.165) is 11.5 Å². The number of benzene rings is 1. The van der Waals surface area contributed by atoms with Crippen LogP contribution in [0.2, 0.25) is 0 Å². The van der Waals surface area contributed by atoms with Crippen molar-refractivity contribution in [2.45, 2.75) is 26.3 Å². The second-order valence-corrected chi connectivity index (χ2v) is 5.25. The van der Waals surface area contributed by atoms with Gasteiger partial charge in [0.05, 0.1) is 18.7 Å². The molecule has 1 unspecified atom stereocenters. The highest BCUT2D eigenvalue weighted by Crippen LogP contribution is 2.24. The van der Waals surface area contributed by atoms with Gasteiger partial charge in [0, 0.05) is 18.0 Å². The number of nitrogens with zero attached hydrogens (tertiary/aromatic N) is 3. The number of amides is 1. The number of carbonyl (C=O) groups is 1. The Kier molecular flexibility index (Phi) is 3.96. The first-order valence-electron chi connectivity index (χ1n) is 7.33. The predicted molar refractivity (Wildman–Crippen MR) is 84.3 cm³/mol. The highest BCUT2D eigenvalue weighted by molar-refractivity contribution is 6.00. The fourth-order valence-electron chi connectivity index (χ4n) is 2.43. The predicted octanol–water partition coefficient (Wildman–Crippen LogP) is 1.88. The standard InChI is InChI=1S/C15H18N6O2/c1-4-10(14-16-7-8(2)17-14)18-15(22)9-5-11-12(20-21-19-11)6-13(9)23-3/h5-7,10H,4H2,1-3H3,(H,16,17)(H,18,22)(H,19,20,21). The van der Waals surface area contributed by atoms with Crippen molar-refractivity contribution in [2.75, 3.05) is 7.11 Å². The zero-order valence-corrected chi connectivity index (χ0v) is 13.2. The number of aromatic nitrogens is 5. The number of ether oxygens (including phenoxy) is 1. The van der Waals surface area contributed by atoms with Gasteiger partial charge < -0.3 is 15.0 Å². The van der Waals surface area contributed by atoms with E-state index >= 15 is 0 Å². The van der Waals surface area contributed by atoms with Crippen LogP contribution in [-0.4, -0.2) is 38.4 Å². The van der Waals surface area contributed by atoms with E-state index in [1.807, 2.05) is 13.8 Å². The van der Waals surface area contributed by atoms with E-state index in [-0.39, 0.29) is 11.9 Å². The summed E-state index contributed by atoms with van der Waals surface area (Å²) in [4.78, 5) is 20.1. The third kappa shape index (κ3) is 2.87. The van der Waals surface area contributed by atoms with Crippen LogP contribution in [0, 0.1) is 6.92 Å². The normalized spacial score (nSPS) is 12.3. The third-order valence-corrected chi connectivity index (χ3v) is 3.65. The molecule has 0 radical (unpaired) electrons. The maximum absolute atomic E-state index is 12.6. The number of rotatable bonds is 5. The lowest BCUT2D eigenvalue weighted by atomic mass is 10.1. The van der Waals surface area contributed by atoms with Crippen molar-refractivity contribution in [3.8, 4) is 5.75 Å². The second kappa shape index (κ2) is 6.07. The van der Waals surface area contributed by atoms with E-state index in [1.54, 1.807) is 18.3 Å². The lowest BCUT2D eigenvalue weighted by Gasteiger charge is -2.16. The summed E-state index contributed by atoms with van der Waals surface area (Å²) in [6, 6.07) is 3.15. The van der Waals surface area contributed by atoms with Crippen LogP contribution in [0.4, 0.5) is 0 Å². The van der Waals surface area contributed by atoms with Gasteiger partial charge in [-0.1, -0.05) is 6.92 Å². The van der Waals surface area contributed by atoms with Crippen molar-refractivity contribution in [2.24, 2.45) is 0 Å². The number of methoxy groups -OCH3 is 1. The lowest BCUT2D eigenvalue weighted by Crippen LogP contribution is -2.29. The molecular formula is C15H18N6O2. The average molecular weight is 314 g/mol. The fourth-order valence-corrected chi connectivity index (χ4v) is 2.43. The number of imidazole rings is 1. The largest absolute Gasteiger partial charge is 0.496 e. The van der Waals surface area contributed by atoms with Crippen molar-refractivity contribution < 1.29 is 9.53 Å². The molecule has 0 saturated heterocycles. The number of H-pyrrole nitrogens is 2. The summed E-state index contributed by atoms with van der Waals surface area (Å²) in [6.07, 6.45) is 2.46. The molecule has 8 heteroatoms. The third-order valence-electron chi connectivity index (χ3n) is 3.65. The van der Waals surface area contributed by atoms with E-state index < -0.39 is 0 Å². The summed E-state index contributed by atoms with van der Waals surface area (Å²) in [5.74, 6) is 0.946. The molecule has 0 aliphatic heterocycles. The van der Waals surface area contributed by atoms with Crippen molar-refractivity contribution in [3.05, 3.63) is 35.4 Å². The van der Waals surface area contributed by atoms with E-state index in [2.05, 4.69) is 30.7 Å². The number of hydrogen-bond donors (Lipinski definition) is 3. The second-order valence-electron chi connectivity index (χ2n) is 5.25. The highest BCUT2D eigenvalue weighted by Gasteiger charge is 2.20. The van der Waals surface area contributed by atoms with Gasteiger partial charge in [-0.05, 0) is 19.4 Å². The molecule has 0 aliphatic rings. The molecular weight excluding hydrogens is 296 g/mol. The van der Waals surface area contributed by atoms with Crippen LogP contribution in [0.25, 0.3) is 11.0 Å². The number of aromatic amines is 2. The first kappa shape index (κ1) is 15.0. The Morgan fingerprint density at radius 1 is 1.35 bits per heavy atom. The lowest BCUT2D eigenvalue weighted by molar-refractivity contribution is 0.0931. The van der Waals surface area contributed by atoms with Gasteiger partial charge in [0.2, 0.25) is 0 Å². The summed E-state index contributed by atoms with van der Waals surface area (Å²) in [5.41, 5.74) is 2.62. The van der Waals surface area contributed by atoms with Crippen LogP contribution in [0.1, 0.15) is 41.3 Å². The number of aryl methyl sites for hydroxylation is 1. The molecule has 3 N–H and O–H groups in total. The first-order chi connectivity index (χ1) is 11.1. The van der Waals surface area contributed by atoms with Crippen LogP contribution in [0.3, 0.4) is 0 Å². The first-order valence-corrected chi connectivity index (χ1v) is 7.33. The maximum Gasteiger partial charge on any atom is 0.255 e. The Labute approximate surface area is 132 Å². The number of nitrogens with one attached hydrogen (secondary N) is 3. The van der Waals surface area contributed by atoms with E-state index in [0.29, 0.717) is 28.8 Å². The number of fused-ring (bicyclic) bond motifs is 1. The minimum Gasteiger partial charge on any atom is -0.496 e. The molecule has 2 heterocycles.